The fourth-order valence-electron chi connectivity index (χ4n) is 1.43. The van der Waals surface area contributed by atoms with Gasteiger partial charge in [-0.3, -0.25) is 0 Å². The predicted octanol–water partition coefficient (Wildman–Crippen LogP) is 3.91. The molecule has 1 aromatic rings. The number of likely N-dealkylation sites (N-methyl/N-ethyl adjacent to an activating group) is 1. The summed E-state index contributed by atoms with van der Waals surface area (Å²) in [6, 6.07) is 1.61. The molecule has 0 amide bonds. The molecule has 110 valence electrons. The zero-order valence-electron chi connectivity index (χ0n) is 9.82. The van der Waals surface area contributed by atoms with Crippen LogP contribution < -0.4 is 5.32 Å². The molecule has 0 spiro atoms. The van der Waals surface area contributed by atoms with Gasteiger partial charge in [0, 0.05) is 0 Å². The van der Waals surface area contributed by atoms with E-state index < -0.39 is 23.5 Å². The molecule has 0 bridgehead atoms. The Morgan fingerprint density at radius 2 is 1.32 bits per heavy atom. The van der Waals surface area contributed by atoms with Gasteiger partial charge in [0.15, 0.2) is 0 Å². The molecule has 0 unspecified atom stereocenters. The Kier molecular flexibility index (Phi) is 6.15. The minimum atomic E-state index is -4.78. The molecule has 0 fully saturated rings. The van der Waals surface area contributed by atoms with Crippen molar-refractivity contribution in [3.63, 3.8) is 0 Å². The molecule has 0 aliphatic carbocycles. The van der Waals surface area contributed by atoms with Crippen LogP contribution in [0.2, 0.25) is 0 Å². The predicted molar refractivity (Wildman–Crippen MR) is 61.3 cm³/mol. The van der Waals surface area contributed by atoms with Crippen molar-refractivity contribution in [2.24, 2.45) is 0 Å². The molecule has 8 heteroatoms. The highest BCUT2D eigenvalue weighted by Gasteiger charge is 2.36. The monoisotopic (exact) mass is 307 g/mol. The normalized spacial score (nSPS) is 12.2. The molecule has 0 radical (unpaired) electrons. The van der Waals surface area contributed by atoms with Crippen LogP contribution >= 0.6 is 12.4 Å². The maximum atomic E-state index is 12.5. The van der Waals surface area contributed by atoms with E-state index in [0.717, 1.165) is 12.1 Å². The van der Waals surface area contributed by atoms with Crippen molar-refractivity contribution >= 4 is 12.4 Å². The molecular weight excluding hydrogens is 296 g/mol. The highest BCUT2D eigenvalue weighted by Crippen LogP contribution is 2.36. The van der Waals surface area contributed by atoms with Gasteiger partial charge < -0.3 is 5.32 Å². The van der Waals surface area contributed by atoms with E-state index in [1.54, 1.807) is 7.05 Å². The molecule has 0 aliphatic rings. The summed E-state index contributed by atoms with van der Waals surface area (Å²) in [4.78, 5) is 0. The van der Waals surface area contributed by atoms with E-state index in [1.807, 2.05) is 0 Å². The van der Waals surface area contributed by atoms with Crippen LogP contribution in [-0.4, -0.2) is 13.6 Å². The fraction of sp³-hybridized carbons (Fsp3) is 0.455. The lowest BCUT2D eigenvalue weighted by atomic mass is 10.0. The molecule has 1 N–H and O–H groups in total. The second kappa shape index (κ2) is 6.47. The van der Waals surface area contributed by atoms with Crippen molar-refractivity contribution in [3.8, 4) is 0 Å². The van der Waals surface area contributed by atoms with Crippen molar-refractivity contribution in [1.29, 1.82) is 0 Å². The van der Waals surface area contributed by atoms with Crippen molar-refractivity contribution in [2.45, 2.75) is 18.8 Å². The summed E-state index contributed by atoms with van der Waals surface area (Å²) in [5.74, 6) is 0. The zero-order chi connectivity index (χ0) is 14.0. The standard InChI is InChI=1S/C11H11F6N.ClH/c1-18-3-2-7-4-8(10(12,13)14)6-9(5-7)11(15,16)17;/h4-6,18H,2-3H2,1H3;1H. The summed E-state index contributed by atoms with van der Waals surface area (Å²) in [6.07, 6.45) is -9.46. The lowest BCUT2D eigenvalue weighted by Gasteiger charge is -2.14. The number of nitrogens with one attached hydrogen (secondary N) is 1. The Labute approximate surface area is 112 Å². The third kappa shape index (κ3) is 5.28. The van der Waals surface area contributed by atoms with E-state index in [-0.39, 0.29) is 30.5 Å². The van der Waals surface area contributed by atoms with E-state index in [0.29, 0.717) is 6.54 Å². The summed E-state index contributed by atoms with van der Waals surface area (Å²) in [6.45, 7) is 0.304. The van der Waals surface area contributed by atoms with Gasteiger partial charge in [-0.05, 0) is 43.8 Å². The van der Waals surface area contributed by atoms with Crippen LogP contribution in [0.4, 0.5) is 26.3 Å². The van der Waals surface area contributed by atoms with Crippen molar-refractivity contribution in [1.82, 2.24) is 5.32 Å². The maximum Gasteiger partial charge on any atom is 0.416 e. The van der Waals surface area contributed by atoms with E-state index in [9.17, 15) is 26.3 Å². The van der Waals surface area contributed by atoms with Crippen LogP contribution in [0.25, 0.3) is 0 Å². The lowest BCUT2D eigenvalue weighted by Crippen LogP contribution is -2.14. The maximum absolute atomic E-state index is 12.5. The zero-order valence-corrected chi connectivity index (χ0v) is 10.6. The van der Waals surface area contributed by atoms with Crippen molar-refractivity contribution in [3.05, 3.63) is 34.9 Å². The summed E-state index contributed by atoms with van der Waals surface area (Å²) < 4.78 is 74.9. The number of alkyl halides is 6. The highest BCUT2D eigenvalue weighted by molar-refractivity contribution is 5.85. The Hall–Kier alpha value is -0.950. The van der Waals surface area contributed by atoms with Crippen LogP contribution in [0.3, 0.4) is 0 Å². The first kappa shape index (κ1) is 18.0. The number of halogens is 7. The molecule has 1 nitrogen and oxygen atoms in total. The largest absolute Gasteiger partial charge is 0.416 e. The average molecular weight is 308 g/mol. The van der Waals surface area contributed by atoms with Gasteiger partial charge in [-0.2, -0.15) is 26.3 Å². The topological polar surface area (TPSA) is 12.0 Å². The van der Waals surface area contributed by atoms with Gasteiger partial charge in [0.05, 0.1) is 11.1 Å². The first-order chi connectivity index (χ1) is 8.14. The van der Waals surface area contributed by atoms with E-state index in [1.165, 1.54) is 0 Å². The van der Waals surface area contributed by atoms with Crippen LogP contribution in [0.5, 0.6) is 0 Å². The van der Waals surface area contributed by atoms with Gasteiger partial charge in [0.1, 0.15) is 0 Å². The molecular formula is C11H12ClF6N. The van der Waals surface area contributed by atoms with Crippen LogP contribution in [-0.2, 0) is 18.8 Å². The molecule has 0 saturated heterocycles. The Balaban J connectivity index is 0.00000324. The number of rotatable bonds is 3. The third-order valence-electron chi connectivity index (χ3n) is 2.31. The summed E-state index contributed by atoms with van der Waals surface area (Å²) in [5.41, 5.74) is -2.54. The van der Waals surface area contributed by atoms with E-state index in [2.05, 4.69) is 5.32 Å². The van der Waals surface area contributed by atoms with Crippen LogP contribution in [0.15, 0.2) is 18.2 Å². The average Bonchev–Trinajstić information content (AvgIpc) is 2.23. The smallest absolute Gasteiger partial charge is 0.319 e. The second-order valence-corrected chi connectivity index (χ2v) is 3.77. The second-order valence-electron chi connectivity index (χ2n) is 3.77. The van der Waals surface area contributed by atoms with E-state index >= 15 is 0 Å². The molecule has 0 aliphatic heterocycles. The summed E-state index contributed by atoms with van der Waals surface area (Å²) in [7, 11) is 1.57. The SMILES string of the molecule is CNCCc1cc(C(F)(F)F)cc(C(F)(F)F)c1.Cl. The minimum Gasteiger partial charge on any atom is -0.319 e. The Morgan fingerprint density at radius 1 is 0.895 bits per heavy atom. The van der Waals surface area contributed by atoms with Gasteiger partial charge in [0.25, 0.3) is 0 Å². The molecule has 1 rings (SSSR count). The lowest BCUT2D eigenvalue weighted by molar-refractivity contribution is -0.143. The third-order valence-corrected chi connectivity index (χ3v) is 2.31. The van der Waals surface area contributed by atoms with Crippen molar-refractivity contribution in [2.75, 3.05) is 13.6 Å². The van der Waals surface area contributed by atoms with Crippen LogP contribution in [0.1, 0.15) is 16.7 Å². The van der Waals surface area contributed by atoms with Gasteiger partial charge in [-0.1, -0.05) is 0 Å². The Morgan fingerprint density at radius 3 is 1.63 bits per heavy atom. The van der Waals surface area contributed by atoms with Gasteiger partial charge in [-0.15, -0.1) is 12.4 Å². The van der Waals surface area contributed by atoms with Gasteiger partial charge in [-0.25, -0.2) is 0 Å². The first-order valence-electron chi connectivity index (χ1n) is 5.07. The number of benzene rings is 1. The Bertz CT molecular complexity index is 380. The summed E-state index contributed by atoms with van der Waals surface area (Å²) in [5, 5.41) is 2.67. The molecule has 0 aromatic heterocycles. The quantitative estimate of drug-likeness (QED) is 0.835. The van der Waals surface area contributed by atoms with E-state index in [4.69, 9.17) is 0 Å². The van der Waals surface area contributed by atoms with Crippen LogP contribution in [0, 0.1) is 0 Å². The first-order valence-corrected chi connectivity index (χ1v) is 5.07. The molecule has 0 atom stereocenters. The summed E-state index contributed by atoms with van der Waals surface area (Å²) >= 11 is 0. The fourth-order valence-corrected chi connectivity index (χ4v) is 1.43. The van der Waals surface area contributed by atoms with Gasteiger partial charge in [0.2, 0.25) is 0 Å². The number of hydrogen-bond acceptors (Lipinski definition) is 1. The number of hydrogen-bond donors (Lipinski definition) is 1. The highest BCUT2D eigenvalue weighted by atomic mass is 35.5. The van der Waals surface area contributed by atoms with Gasteiger partial charge >= 0.3 is 12.4 Å². The molecule has 1 aromatic carbocycles. The van der Waals surface area contributed by atoms with Crippen molar-refractivity contribution < 1.29 is 26.3 Å². The molecule has 0 heterocycles. The molecule has 0 saturated carbocycles. The minimum absolute atomic E-state index is 0. The molecule has 19 heavy (non-hydrogen) atoms.